The summed E-state index contributed by atoms with van der Waals surface area (Å²) in [5, 5.41) is 12.4. The number of hydrogen-bond acceptors (Lipinski definition) is 6. The Kier molecular flexibility index (Phi) is 3.40. The lowest BCUT2D eigenvalue weighted by molar-refractivity contribution is 0.543. The van der Waals surface area contributed by atoms with Crippen LogP contribution in [0, 0.1) is 11.6 Å². The van der Waals surface area contributed by atoms with Gasteiger partial charge in [-0.15, -0.1) is 10.2 Å². The third-order valence-electron chi connectivity index (χ3n) is 2.15. The van der Waals surface area contributed by atoms with Gasteiger partial charge in [0.1, 0.15) is 16.5 Å². The van der Waals surface area contributed by atoms with Gasteiger partial charge in [-0.2, -0.15) is 5.21 Å². The number of H-pyrrole nitrogens is 1. The Balaban J connectivity index is 2.27. The van der Waals surface area contributed by atoms with E-state index in [1.54, 1.807) is 0 Å². The number of nitrogens with zero attached hydrogens (tertiary/aromatic N) is 3. The molecule has 1 aromatic carbocycles. The van der Waals surface area contributed by atoms with Gasteiger partial charge in [0.2, 0.25) is 10.0 Å². The highest BCUT2D eigenvalue weighted by Gasteiger charge is 2.21. The number of anilines is 1. The van der Waals surface area contributed by atoms with E-state index in [0.29, 0.717) is 12.1 Å². The number of hydrogen-bond donors (Lipinski definition) is 3. The first-order chi connectivity index (χ1) is 8.90. The molecule has 11 heteroatoms. The van der Waals surface area contributed by atoms with Crippen molar-refractivity contribution in [1.82, 2.24) is 25.3 Å². The molecule has 102 valence electrons. The molecule has 0 saturated heterocycles. The van der Waals surface area contributed by atoms with Crippen LogP contribution in [-0.2, 0) is 16.6 Å². The van der Waals surface area contributed by atoms with E-state index in [2.05, 4.69) is 20.6 Å². The maximum atomic E-state index is 13.4. The van der Waals surface area contributed by atoms with Crippen molar-refractivity contribution < 1.29 is 17.2 Å². The summed E-state index contributed by atoms with van der Waals surface area (Å²) >= 11 is 0. The topological polar surface area (TPSA) is 127 Å². The lowest BCUT2D eigenvalue weighted by Gasteiger charge is -2.07. The Labute approximate surface area is 106 Å². The maximum absolute atomic E-state index is 13.4. The standard InChI is InChI=1S/C8H8F2N6O2S/c9-4-1-5(10)7(2-6(4)11)19(17,18)12-3-8-13-15-16-14-8/h1-2,12H,3,11H2,(H,13,14,15,16). The lowest BCUT2D eigenvalue weighted by Crippen LogP contribution is -2.25. The first-order valence-electron chi connectivity index (χ1n) is 4.86. The summed E-state index contributed by atoms with van der Waals surface area (Å²) in [6, 6.07) is 1.10. The predicted molar refractivity (Wildman–Crippen MR) is 59.0 cm³/mol. The van der Waals surface area contributed by atoms with E-state index in [4.69, 9.17) is 5.73 Å². The van der Waals surface area contributed by atoms with Crippen molar-refractivity contribution in [3.63, 3.8) is 0 Å². The fourth-order valence-corrected chi connectivity index (χ4v) is 2.32. The Morgan fingerprint density at radius 2 is 2.05 bits per heavy atom. The largest absolute Gasteiger partial charge is 0.396 e. The van der Waals surface area contributed by atoms with E-state index in [1.165, 1.54) is 0 Å². The Hall–Kier alpha value is -2.14. The second-order valence-electron chi connectivity index (χ2n) is 3.46. The highest BCUT2D eigenvalue weighted by molar-refractivity contribution is 7.89. The van der Waals surface area contributed by atoms with Crippen molar-refractivity contribution in [2.75, 3.05) is 5.73 Å². The van der Waals surface area contributed by atoms with Gasteiger partial charge >= 0.3 is 0 Å². The number of sulfonamides is 1. The van der Waals surface area contributed by atoms with Gasteiger partial charge in [0.25, 0.3) is 0 Å². The van der Waals surface area contributed by atoms with Crippen molar-refractivity contribution in [2.24, 2.45) is 0 Å². The normalized spacial score (nSPS) is 11.7. The molecule has 1 heterocycles. The molecule has 0 saturated carbocycles. The predicted octanol–water partition coefficient (Wildman–Crippen LogP) is -0.461. The number of nitrogens with two attached hydrogens (primary N) is 1. The van der Waals surface area contributed by atoms with Crippen LogP contribution in [0.25, 0.3) is 0 Å². The van der Waals surface area contributed by atoms with Gasteiger partial charge in [-0.3, -0.25) is 0 Å². The molecule has 2 aromatic rings. The first kappa shape index (κ1) is 13.3. The van der Waals surface area contributed by atoms with Crippen LogP contribution in [0.5, 0.6) is 0 Å². The molecule has 1 aromatic heterocycles. The number of nitrogen functional groups attached to an aromatic ring is 1. The van der Waals surface area contributed by atoms with Gasteiger partial charge in [-0.05, 0) is 6.07 Å². The number of aromatic nitrogens is 4. The van der Waals surface area contributed by atoms with Crippen molar-refractivity contribution in [3.05, 3.63) is 29.6 Å². The van der Waals surface area contributed by atoms with Crippen LogP contribution < -0.4 is 10.5 Å². The van der Waals surface area contributed by atoms with Gasteiger partial charge in [0, 0.05) is 6.07 Å². The molecular formula is C8H8F2N6O2S. The molecule has 19 heavy (non-hydrogen) atoms. The number of tetrazole rings is 1. The zero-order chi connectivity index (χ0) is 14.0. The minimum Gasteiger partial charge on any atom is -0.396 e. The van der Waals surface area contributed by atoms with E-state index in [-0.39, 0.29) is 12.4 Å². The van der Waals surface area contributed by atoms with Gasteiger partial charge in [0.15, 0.2) is 5.82 Å². The molecule has 0 aliphatic carbocycles. The second kappa shape index (κ2) is 4.85. The summed E-state index contributed by atoms with van der Waals surface area (Å²) in [6.07, 6.45) is 0. The summed E-state index contributed by atoms with van der Waals surface area (Å²) < 4.78 is 52.0. The molecule has 0 atom stereocenters. The minimum absolute atomic E-state index is 0.0686. The molecule has 0 aliphatic rings. The van der Waals surface area contributed by atoms with Crippen LogP contribution in [0.15, 0.2) is 17.0 Å². The summed E-state index contributed by atoms with van der Waals surface area (Å²) in [7, 11) is -4.20. The van der Waals surface area contributed by atoms with Crippen LogP contribution in [0.1, 0.15) is 5.82 Å². The first-order valence-corrected chi connectivity index (χ1v) is 6.35. The zero-order valence-electron chi connectivity index (χ0n) is 9.26. The summed E-state index contributed by atoms with van der Waals surface area (Å²) in [6.45, 7) is -0.296. The number of nitrogens with one attached hydrogen (secondary N) is 2. The molecule has 0 spiro atoms. The van der Waals surface area contributed by atoms with Crippen LogP contribution in [0.3, 0.4) is 0 Å². The van der Waals surface area contributed by atoms with E-state index in [9.17, 15) is 17.2 Å². The molecule has 4 N–H and O–H groups in total. The lowest BCUT2D eigenvalue weighted by atomic mass is 10.3. The molecule has 0 unspecified atom stereocenters. The highest BCUT2D eigenvalue weighted by atomic mass is 32.2. The van der Waals surface area contributed by atoms with Crippen molar-refractivity contribution in [2.45, 2.75) is 11.4 Å². The van der Waals surface area contributed by atoms with Crippen LogP contribution in [0.4, 0.5) is 14.5 Å². The molecule has 0 fully saturated rings. The van der Waals surface area contributed by atoms with Crippen LogP contribution >= 0.6 is 0 Å². The Morgan fingerprint density at radius 1 is 1.32 bits per heavy atom. The number of benzene rings is 1. The third kappa shape index (κ3) is 2.82. The van der Waals surface area contributed by atoms with E-state index in [0.717, 1.165) is 0 Å². The fraction of sp³-hybridized carbons (Fsp3) is 0.125. The van der Waals surface area contributed by atoms with Crippen LogP contribution in [0.2, 0.25) is 0 Å². The zero-order valence-corrected chi connectivity index (χ0v) is 10.1. The molecular weight excluding hydrogens is 282 g/mol. The molecule has 2 rings (SSSR count). The maximum Gasteiger partial charge on any atom is 0.243 e. The second-order valence-corrected chi connectivity index (χ2v) is 5.19. The average molecular weight is 290 g/mol. The molecule has 0 aliphatic heterocycles. The van der Waals surface area contributed by atoms with Gasteiger partial charge in [-0.25, -0.2) is 21.9 Å². The molecule has 0 amide bonds. The van der Waals surface area contributed by atoms with Crippen molar-refractivity contribution >= 4 is 15.7 Å². The Morgan fingerprint density at radius 3 is 2.68 bits per heavy atom. The van der Waals surface area contributed by atoms with Crippen molar-refractivity contribution in [1.29, 1.82) is 0 Å². The molecule has 8 nitrogen and oxygen atoms in total. The van der Waals surface area contributed by atoms with Gasteiger partial charge in [-0.1, -0.05) is 5.21 Å². The van der Waals surface area contributed by atoms with Crippen LogP contribution in [-0.4, -0.2) is 29.0 Å². The van der Waals surface area contributed by atoms with Gasteiger partial charge in [0.05, 0.1) is 12.2 Å². The van der Waals surface area contributed by atoms with E-state index < -0.39 is 32.2 Å². The summed E-state index contributed by atoms with van der Waals surface area (Å²) in [5.41, 5.74) is 4.73. The summed E-state index contributed by atoms with van der Waals surface area (Å²) in [5.74, 6) is -2.21. The quantitative estimate of drug-likeness (QED) is 0.654. The van der Waals surface area contributed by atoms with Crippen molar-refractivity contribution in [3.8, 4) is 0 Å². The monoisotopic (exact) mass is 290 g/mol. The number of aromatic amines is 1. The smallest absolute Gasteiger partial charge is 0.243 e. The minimum atomic E-state index is -4.20. The molecule has 0 radical (unpaired) electrons. The van der Waals surface area contributed by atoms with E-state index in [1.807, 2.05) is 4.72 Å². The van der Waals surface area contributed by atoms with Gasteiger partial charge < -0.3 is 5.73 Å². The van der Waals surface area contributed by atoms with E-state index >= 15 is 0 Å². The average Bonchev–Trinajstić information content (AvgIpc) is 2.84. The number of rotatable bonds is 4. The number of halogens is 2. The third-order valence-corrected chi connectivity index (χ3v) is 3.57. The summed E-state index contributed by atoms with van der Waals surface area (Å²) in [4.78, 5) is -0.755. The highest BCUT2D eigenvalue weighted by Crippen LogP contribution is 2.20. The Bertz CT molecular complexity index is 688. The fourth-order valence-electron chi connectivity index (χ4n) is 1.25. The molecule has 0 bridgehead atoms. The SMILES string of the molecule is Nc1cc(S(=O)(=O)NCc2nn[nH]n2)c(F)cc1F.